The van der Waals surface area contributed by atoms with Crippen LogP contribution in [-0.4, -0.2) is 57.4 Å². The van der Waals surface area contributed by atoms with Crippen LogP contribution in [0.4, 0.5) is 0 Å². The molecule has 0 radical (unpaired) electrons. The minimum Gasteiger partial charge on any atom is -0.282 e. The highest BCUT2D eigenvalue weighted by Crippen LogP contribution is 2.14. The van der Waals surface area contributed by atoms with E-state index in [1.165, 1.54) is 6.42 Å². The van der Waals surface area contributed by atoms with Gasteiger partial charge in [-0.25, -0.2) is 0 Å². The van der Waals surface area contributed by atoms with Crippen molar-refractivity contribution in [1.82, 2.24) is 0 Å². The Hall–Kier alpha value is -0.0800. The molecule has 0 amide bonds. The molecule has 0 atom stereocenters. The molecule has 0 fully saturated rings. The van der Waals surface area contributed by atoms with E-state index in [4.69, 9.17) is 0 Å². The summed E-state index contributed by atoms with van der Waals surface area (Å²) in [6.07, 6.45) is 1.92. The minimum absolute atomic E-state index is 0.690. The predicted octanol–water partition coefficient (Wildman–Crippen LogP) is 1.13. The number of nitrogens with zero attached hydrogens (tertiary/aromatic N) is 2. The number of rotatable bonds is 3. The van der Waals surface area contributed by atoms with Gasteiger partial charge in [-0.2, -0.15) is 0 Å². The summed E-state index contributed by atoms with van der Waals surface area (Å²) in [7, 11) is 13.6. The molecule has 0 bridgehead atoms. The third-order valence-corrected chi connectivity index (χ3v) is 2.15. The van der Waals surface area contributed by atoms with E-state index in [-0.39, 0.29) is 0 Å². The molecule has 0 rings (SSSR count). The van der Waals surface area contributed by atoms with Gasteiger partial charge in [0, 0.05) is 0 Å². The van der Waals surface area contributed by atoms with Crippen LogP contribution in [0.1, 0.15) is 13.3 Å². The van der Waals surface area contributed by atoms with Gasteiger partial charge in [0.15, 0.2) is 0 Å². The Morgan fingerprint density at radius 3 is 1.09 bits per heavy atom. The second-order valence-corrected chi connectivity index (χ2v) is 5.12. The van der Waals surface area contributed by atoms with E-state index in [2.05, 4.69) is 49.2 Å². The van der Waals surface area contributed by atoms with Gasteiger partial charge in [0.05, 0.1) is 48.7 Å². The Kier molecular flexibility index (Phi) is 3.09. The highest BCUT2D eigenvalue weighted by atomic mass is 15.5. The second kappa shape index (κ2) is 3.11. The standard InChI is InChI=1S/C9H24N2/c1-8-9(10(2,3)4)11(5,6)7/h9H,8H2,1-7H3/q+2. The van der Waals surface area contributed by atoms with Crippen molar-refractivity contribution in [3.05, 3.63) is 0 Å². The third kappa shape index (κ3) is 3.21. The van der Waals surface area contributed by atoms with Crippen LogP contribution < -0.4 is 0 Å². The molecule has 0 aromatic heterocycles. The maximum absolute atomic E-state index is 2.26. The van der Waals surface area contributed by atoms with Gasteiger partial charge in [0.25, 0.3) is 0 Å². The fraction of sp³-hybridized carbons (Fsp3) is 1.00. The van der Waals surface area contributed by atoms with Gasteiger partial charge >= 0.3 is 0 Å². The van der Waals surface area contributed by atoms with E-state index in [1.807, 2.05) is 0 Å². The molecule has 0 aromatic carbocycles. The molecule has 68 valence electrons. The SMILES string of the molecule is CCC([N+](C)(C)C)[N+](C)(C)C. The van der Waals surface area contributed by atoms with E-state index >= 15 is 0 Å². The zero-order chi connectivity index (χ0) is 9.28. The largest absolute Gasteiger partial charge is 0.282 e. The highest BCUT2D eigenvalue weighted by molar-refractivity contribution is 4.38. The third-order valence-electron chi connectivity index (χ3n) is 2.15. The summed E-state index contributed by atoms with van der Waals surface area (Å²) in [4.78, 5) is 0. The minimum atomic E-state index is 0.690. The first kappa shape index (κ1) is 10.9. The van der Waals surface area contributed by atoms with Crippen LogP contribution in [0.15, 0.2) is 0 Å². The van der Waals surface area contributed by atoms with Gasteiger partial charge in [0.1, 0.15) is 0 Å². The van der Waals surface area contributed by atoms with Gasteiger partial charge < -0.3 is 0 Å². The van der Waals surface area contributed by atoms with Gasteiger partial charge in [-0.15, -0.1) is 0 Å². The molecule has 0 spiro atoms. The van der Waals surface area contributed by atoms with Gasteiger partial charge in [-0.3, -0.25) is 8.97 Å². The molecular weight excluding hydrogens is 136 g/mol. The Balaban J connectivity index is 4.43. The van der Waals surface area contributed by atoms with Crippen molar-refractivity contribution in [3.8, 4) is 0 Å². The quantitative estimate of drug-likeness (QED) is 0.429. The molecule has 0 aliphatic rings. The number of quaternary nitrogens is 2. The molecule has 2 nitrogen and oxygen atoms in total. The molecule has 0 saturated heterocycles. The van der Waals surface area contributed by atoms with Gasteiger partial charge in [-0.05, 0) is 0 Å². The van der Waals surface area contributed by atoms with Crippen LogP contribution in [-0.2, 0) is 0 Å². The first-order valence-corrected chi connectivity index (χ1v) is 4.32. The van der Waals surface area contributed by atoms with Crippen molar-refractivity contribution in [2.24, 2.45) is 0 Å². The van der Waals surface area contributed by atoms with Crippen molar-refractivity contribution < 1.29 is 8.97 Å². The Morgan fingerprint density at radius 2 is 1.09 bits per heavy atom. The van der Waals surface area contributed by atoms with Crippen molar-refractivity contribution in [2.45, 2.75) is 19.5 Å². The summed E-state index contributed by atoms with van der Waals surface area (Å²) >= 11 is 0. The van der Waals surface area contributed by atoms with Crippen molar-refractivity contribution >= 4 is 0 Å². The summed E-state index contributed by atoms with van der Waals surface area (Å²) in [6, 6.07) is 0. The van der Waals surface area contributed by atoms with Crippen molar-refractivity contribution in [2.75, 3.05) is 42.3 Å². The molecule has 0 unspecified atom stereocenters. The first-order valence-electron chi connectivity index (χ1n) is 4.32. The van der Waals surface area contributed by atoms with Crippen LogP contribution in [0.2, 0.25) is 0 Å². The molecular formula is C9H24N2+2. The Morgan fingerprint density at radius 1 is 0.818 bits per heavy atom. The summed E-state index contributed by atoms with van der Waals surface area (Å²) in [6.45, 7) is 2.26. The van der Waals surface area contributed by atoms with Gasteiger partial charge in [0.2, 0.25) is 6.17 Å². The highest BCUT2D eigenvalue weighted by Gasteiger charge is 2.33. The average Bonchev–Trinajstić information content (AvgIpc) is 1.56. The fourth-order valence-electron chi connectivity index (χ4n) is 2.13. The van der Waals surface area contributed by atoms with Crippen LogP contribution in [0.25, 0.3) is 0 Å². The first-order chi connectivity index (χ1) is 4.69. The summed E-state index contributed by atoms with van der Waals surface area (Å²) in [5, 5.41) is 0. The van der Waals surface area contributed by atoms with Crippen LogP contribution in [0, 0.1) is 0 Å². The average molecular weight is 160 g/mol. The summed E-state index contributed by atoms with van der Waals surface area (Å²) in [5.74, 6) is 0. The van der Waals surface area contributed by atoms with Crippen LogP contribution in [0.3, 0.4) is 0 Å². The molecule has 0 aromatic rings. The lowest BCUT2D eigenvalue weighted by Gasteiger charge is -2.42. The second-order valence-electron chi connectivity index (χ2n) is 5.12. The zero-order valence-electron chi connectivity index (χ0n) is 9.18. The van der Waals surface area contributed by atoms with E-state index in [0.717, 1.165) is 8.97 Å². The van der Waals surface area contributed by atoms with Crippen molar-refractivity contribution in [1.29, 1.82) is 0 Å². The van der Waals surface area contributed by atoms with E-state index in [0.29, 0.717) is 6.17 Å². The summed E-state index contributed by atoms with van der Waals surface area (Å²) in [5.41, 5.74) is 0. The fourth-order valence-corrected chi connectivity index (χ4v) is 2.13. The Bertz CT molecular complexity index is 103. The molecule has 0 N–H and O–H groups in total. The lowest BCUT2D eigenvalue weighted by molar-refractivity contribution is -1.09. The molecule has 0 saturated carbocycles. The smallest absolute Gasteiger partial charge is 0.215 e. The van der Waals surface area contributed by atoms with E-state index < -0.39 is 0 Å². The number of hydrogen-bond acceptors (Lipinski definition) is 0. The van der Waals surface area contributed by atoms with Crippen LogP contribution >= 0.6 is 0 Å². The van der Waals surface area contributed by atoms with Crippen LogP contribution in [0.5, 0.6) is 0 Å². The summed E-state index contributed by atoms with van der Waals surface area (Å²) < 4.78 is 2.08. The molecule has 0 aliphatic carbocycles. The molecule has 0 aliphatic heterocycles. The maximum atomic E-state index is 2.26. The molecule has 0 heterocycles. The normalized spacial score (nSPS) is 14.2. The zero-order valence-corrected chi connectivity index (χ0v) is 9.18. The topological polar surface area (TPSA) is 0 Å². The monoisotopic (exact) mass is 160 g/mol. The molecule has 11 heavy (non-hydrogen) atoms. The van der Waals surface area contributed by atoms with E-state index in [1.54, 1.807) is 0 Å². The van der Waals surface area contributed by atoms with E-state index in [9.17, 15) is 0 Å². The Labute approximate surface area is 71.6 Å². The maximum Gasteiger partial charge on any atom is 0.215 e. The molecule has 2 heteroatoms. The predicted molar refractivity (Wildman–Crippen MR) is 50.1 cm³/mol. The van der Waals surface area contributed by atoms with Crippen molar-refractivity contribution in [3.63, 3.8) is 0 Å². The lowest BCUT2D eigenvalue weighted by atomic mass is 10.2. The van der Waals surface area contributed by atoms with Gasteiger partial charge in [-0.1, -0.05) is 6.92 Å². The number of hydrogen-bond donors (Lipinski definition) is 0. The lowest BCUT2D eigenvalue weighted by Crippen LogP contribution is -2.60.